The molecule has 0 aliphatic heterocycles. The highest BCUT2D eigenvalue weighted by atomic mass is 32.2. The molecule has 9 nitrogen and oxygen atoms in total. The molecule has 206 valence electrons. The second kappa shape index (κ2) is 11.2. The first-order chi connectivity index (χ1) is 18.0. The number of halogens is 1. The first-order valence-corrected chi connectivity index (χ1v) is 15.1. The van der Waals surface area contributed by atoms with E-state index in [-0.39, 0.29) is 28.1 Å². The molecule has 0 saturated heterocycles. The molecule has 0 aromatic heterocycles. The largest absolute Gasteiger partial charge is 0.320 e. The van der Waals surface area contributed by atoms with Gasteiger partial charge in [-0.15, -0.1) is 0 Å². The van der Waals surface area contributed by atoms with E-state index in [1.807, 2.05) is 6.07 Å². The lowest BCUT2D eigenvalue weighted by Crippen LogP contribution is -2.47. The maximum Gasteiger partial charge on any atom is 0.257 e. The van der Waals surface area contributed by atoms with Crippen molar-refractivity contribution < 1.29 is 26.0 Å². The fraction of sp³-hybridized carbons (Fsp3) is 0.259. The van der Waals surface area contributed by atoms with Crippen LogP contribution in [0.3, 0.4) is 0 Å². The minimum absolute atomic E-state index is 0.0102. The predicted octanol–water partition coefficient (Wildman–Crippen LogP) is 3.30. The summed E-state index contributed by atoms with van der Waals surface area (Å²) < 4.78 is 68.5. The monoisotopic (exact) mass is 572 g/mol. The molecule has 3 aromatic rings. The Morgan fingerprint density at radius 3 is 2.26 bits per heavy atom. The summed E-state index contributed by atoms with van der Waals surface area (Å²) in [6.45, 7) is 5.01. The smallest absolute Gasteiger partial charge is 0.257 e. The van der Waals surface area contributed by atoms with Gasteiger partial charge in [0, 0.05) is 11.1 Å². The van der Waals surface area contributed by atoms with Crippen LogP contribution in [0.1, 0.15) is 31.9 Å². The van der Waals surface area contributed by atoms with Crippen molar-refractivity contribution in [1.82, 2.24) is 4.72 Å². The van der Waals surface area contributed by atoms with Gasteiger partial charge < -0.3 is 5.73 Å². The fourth-order valence-electron chi connectivity index (χ4n) is 3.94. The first kappa shape index (κ1) is 29.9. The zero-order chi connectivity index (χ0) is 29.2. The summed E-state index contributed by atoms with van der Waals surface area (Å²) in [5.74, 6) is -1.56. The Bertz CT molecular complexity index is 1640. The third-order valence-electron chi connectivity index (χ3n) is 5.45. The number of sulfonamides is 2. The molecule has 0 bridgehead atoms. The predicted molar refractivity (Wildman–Crippen MR) is 147 cm³/mol. The van der Waals surface area contributed by atoms with E-state index in [1.165, 1.54) is 24.3 Å². The van der Waals surface area contributed by atoms with E-state index in [4.69, 9.17) is 11.0 Å². The lowest BCUT2D eigenvalue weighted by atomic mass is 10.0. The minimum atomic E-state index is -4.12. The highest BCUT2D eigenvalue weighted by Gasteiger charge is 2.30. The molecule has 0 spiro atoms. The lowest BCUT2D eigenvalue weighted by Gasteiger charge is -2.24. The topological polar surface area (TPSA) is 150 Å². The van der Waals surface area contributed by atoms with Crippen molar-refractivity contribution in [3.63, 3.8) is 0 Å². The summed E-state index contributed by atoms with van der Waals surface area (Å²) in [6, 6.07) is 15.9. The van der Waals surface area contributed by atoms with Gasteiger partial charge in [0.1, 0.15) is 5.82 Å². The first-order valence-electron chi connectivity index (χ1n) is 11.7. The van der Waals surface area contributed by atoms with Crippen LogP contribution in [-0.4, -0.2) is 40.6 Å². The van der Waals surface area contributed by atoms with Crippen LogP contribution in [0.15, 0.2) is 71.6 Å². The summed E-state index contributed by atoms with van der Waals surface area (Å²) in [6.07, 6.45) is 0.848. The van der Waals surface area contributed by atoms with E-state index in [1.54, 1.807) is 45.0 Å². The van der Waals surface area contributed by atoms with Gasteiger partial charge in [-0.25, -0.2) is 30.3 Å². The molecule has 0 fully saturated rings. The average Bonchev–Trinajstić information content (AvgIpc) is 2.82. The highest BCUT2D eigenvalue weighted by molar-refractivity contribution is 7.92. The molecule has 0 radical (unpaired) electrons. The van der Waals surface area contributed by atoms with E-state index in [2.05, 4.69) is 4.72 Å². The van der Waals surface area contributed by atoms with Crippen LogP contribution in [0.25, 0.3) is 11.1 Å². The van der Waals surface area contributed by atoms with E-state index in [0.717, 1.165) is 24.5 Å². The Kier molecular flexibility index (Phi) is 8.62. The van der Waals surface area contributed by atoms with Gasteiger partial charge in [-0.3, -0.25) is 4.79 Å². The minimum Gasteiger partial charge on any atom is -0.320 e. The van der Waals surface area contributed by atoms with Gasteiger partial charge in [-0.05, 0) is 80.8 Å². The number of anilines is 1. The SMILES string of the molecule is CC(C)(C)NS(=O)(=O)c1ccc(F)cc1-c1ccc(N(C(=O)[C@@H](N)Cc2cccc(C#N)c2)S(C)(=O)=O)cc1. The van der Waals surface area contributed by atoms with Gasteiger partial charge in [0.2, 0.25) is 20.0 Å². The number of carbonyl (C=O) groups is 1. The maximum absolute atomic E-state index is 14.2. The molecule has 1 atom stereocenters. The number of carbonyl (C=O) groups excluding carboxylic acids is 1. The molecule has 3 N–H and O–H groups in total. The number of nitriles is 1. The third kappa shape index (κ3) is 7.48. The molecule has 3 aromatic carbocycles. The molecule has 0 aliphatic carbocycles. The Hall–Kier alpha value is -3.63. The zero-order valence-electron chi connectivity index (χ0n) is 21.8. The Balaban J connectivity index is 1.98. The molecular weight excluding hydrogens is 543 g/mol. The van der Waals surface area contributed by atoms with Crippen molar-refractivity contribution >= 4 is 31.6 Å². The highest BCUT2D eigenvalue weighted by Crippen LogP contribution is 2.31. The van der Waals surface area contributed by atoms with Gasteiger partial charge in [-0.2, -0.15) is 5.26 Å². The summed E-state index contributed by atoms with van der Waals surface area (Å²) in [4.78, 5) is 13.0. The average molecular weight is 573 g/mol. The van der Waals surface area contributed by atoms with Crippen LogP contribution in [0.5, 0.6) is 0 Å². The molecular formula is C27H29FN4O5S2. The van der Waals surface area contributed by atoms with Crippen LogP contribution < -0.4 is 14.8 Å². The molecule has 0 aliphatic rings. The number of nitrogens with zero attached hydrogens (tertiary/aromatic N) is 2. The fourth-order valence-corrected chi connectivity index (χ4v) is 6.53. The van der Waals surface area contributed by atoms with Gasteiger partial charge >= 0.3 is 0 Å². The third-order valence-corrected chi connectivity index (χ3v) is 8.32. The second-order valence-corrected chi connectivity index (χ2v) is 13.5. The Morgan fingerprint density at radius 1 is 1.05 bits per heavy atom. The van der Waals surface area contributed by atoms with Crippen molar-refractivity contribution in [1.29, 1.82) is 5.26 Å². The number of nitrogens with two attached hydrogens (primary N) is 1. The molecule has 0 saturated carbocycles. The van der Waals surface area contributed by atoms with E-state index in [9.17, 15) is 26.0 Å². The van der Waals surface area contributed by atoms with Gasteiger partial charge in [0.15, 0.2) is 0 Å². The summed E-state index contributed by atoms with van der Waals surface area (Å²) >= 11 is 0. The number of hydrogen-bond donors (Lipinski definition) is 2. The van der Waals surface area contributed by atoms with E-state index < -0.39 is 43.4 Å². The maximum atomic E-state index is 14.2. The number of benzene rings is 3. The van der Waals surface area contributed by atoms with Crippen LogP contribution in [0.2, 0.25) is 0 Å². The van der Waals surface area contributed by atoms with E-state index in [0.29, 0.717) is 15.4 Å². The standard InChI is InChI=1S/C27H29FN4O5S2/c1-27(2,3)31-39(36,37)25-13-10-21(28)16-23(25)20-8-11-22(12-9-20)32(38(4,34)35)26(33)24(30)15-18-6-5-7-19(14-18)17-29/h5-14,16,24,31H,15,30H2,1-4H3/t24-/m0/s1. The summed E-state index contributed by atoms with van der Waals surface area (Å²) in [5, 5.41) is 9.09. The molecule has 12 heteroatoms. The van der Waals surface area contributed by atoms with Crippen molar-refractivity contribution in [2.45, 2.75) is 43.7 Å². The molecule has 1 amide bonds. The summed E-state index contributed by atoms with van der Waals surface area (Å²) in [5.41, 5.74) is 6.56. The van der Waals surface area contributed by atoms with E-state index >= 15 is 0 Å². The Labute approximate surface area is 228 Å². The second-order valence-electron chi connectivity index (χ2n) is 10.0. The molecule has 0 unspecified atom stereocenters. The normalized spacial score (nSPS) is 12.9. The Morgan fingerprint density at radius 2 is 1.69 bits per heavy atom. The lowest BCUT2D eigenvalue weighted by molar-refractivity contribution is -0.118. The van der Waals surface area contributed by atoms with Crippen LogP contribution in [0, 0.1) is 17.1 Å². The van der Waals surface area contributed by atoms with Crippen molar-refractivity contribution in [3.8, 4) is 17.2 Å². The number of amides is 1. The molecule has 0 heterocycles. The number of nitrogens with one attached hydrogen (secondary N) is 1. The van der Waals surface area contributed by atoms with Crippen LogP contribution in [0.4, 0.5) is 10.1 Å². The zero-order valence-corrected chi connectivity index (χ0v) is 23.5. The molecule has 3 rings (SSSR count). The van der Waals surface area contributed by atoms with Gasteiger partial charge in [-0.1, -0.05) is 24.3 Å². The van der Waals surface area contributed by atoms with Gasteiger partial charge in [0.25, 0.3) is 5.91 Å². The molecule has 39 heavy (non-hydrogen) atoms. The quantitative estimate of drug-likeness (QED) is 0.420. The van der Waals surface area contributed by atoms with Crippen LogP contribution in [-0.2, 0) is 31.3 Å². The van der Waals surface area contributed by atoms with Crippen molar-refractivity contribution in [2.24, 2.45) is 5.73 Å². The van der Waals surface area contributed by atoms with Crippen LogP contribution >= 0.6 is 0 Å². The number of rotatable bonds is 8. The van der Waals surface area contributed by atoms with Crippen molar-refractivity contribution in [3.05, 3.63) is 83.7 Å². The number of hydrogen-bond acceptors (Lipinski definition) is 7. The summed E-state index contributed by atoms with van der Waals surface area (Å²) in [7, 11) is -8.15. The van der Waals surface area contributed by atoms with Crippen molar-refractivity contribution in [2.75, 3.05) is 10.6 Å². The van der Waals surface area contributed by atoms with Gasteiger partial charge in [0.05, 0.1) is 34.5 Å².